The predicted octanol–water partition coefficient (Wildman–Crippen LogP) is 2.91. The van der Waals surface area contributed by atoms with E-state index in [9.17, 15) is 4.79 Å². The number of benzene rings is 2. The lowest BCUT2D eigenvalue weighted by atomic mass is 10.1. The van der Waals surface area contributed by atoms with E-state index in [4.69, 9.17) is 9.47 Å². The molecule has 5 rings (SSSR count). The fraction of sp³-hybridized carbons (Fsp3) is 0.480. The molecule has 0 N–H and O–H groups in total. The zero-order chi connectivity index (χ0) is 21.0. The molecule has 6 heteroatoms. The van der Waals surface area contributed by atoms with Gasteiger partial charge in [-0.25, -0.2) is 0 Å². The summed E-state index contributed by atoms with van der Waals surface area (Å²) < 4.78 is 11.6. The molecular weight excluding hydrogens is 390 g/mol. The second-order valence-corrected chi connectivity index (χ2v) is 8.65. The zero-order valence-corrected chi connectivity index (χ0v) is 18.0. The van der Waals surface area contributed by atoms with Crippen molar-refractivity contribution in [3.63, 3.8) is 0 Å². The number of nitrogens with zero attached hydrogens (tertiary/aromatic N) is 3. The number of anilines is 1. The maximum Gasteiger partial charge on any atom is 0.252 e. The van der Waals surface area contributed by atoms with Crippen molar-refractivity contribution in [3.05, 3.63) is 59.7 Å². The van der Waals surface area contributed by atoms with Crippen LogP contribution in [0.15, 0.2) is 48.5 Å². The molecule has 2 aromatic rings. The van der Waals surface area contributed by atoms with E-state index in [0.717, 1.165) is 56.9 Å². The summed E-state index contributed by atoms with van der Waals surface area (Å²) in [7, 11) is 0. The zero-order valence-electron chi connectivity index (χ0n) is 18.0. The van der Waals surface area contributed by atoms with E-state index in [-0.39, 0.29) is 12.0 Å². The first-order chi connectivity index (χ1) is 15.3. The summed E-state index contributed by atoms with van der Waals surface area (Å²) in [4.78, 5) is 19.7. The van der Waals surface area contributed by atoms with Crippen molar-refractivity contribution in [1.29, 1.82) is 0 Å². The SMILES string of the molecule is O=C(C1CCCO1)N1CCOc2ccc(CN3CCN(c4ccccc4)CC3)cc2C1. The summed E-state index contributed by atoms with van der Waals surface area (Å²) in [6, 6.07) is 17.1. The van der Waals surface area contributed by atoms with Gasteiger partial charge in [0.2, 0.25) is 0 Å². The molecule has 164 valence electrons. The van der Waals surface area contributed by atoms with Gasteiger partial charge in [-0.05, 0) is 42.7 Å². The van der Waals surface area contributed by atoms with Crippen molar-refractivity contribution in [1.82, 2.24) is 9.80 Å². The lowest BCUT2D eigenvalue weighted by Gasteiger charge is -2.36. The Labute approximate surface area is 184 Å². The monoisotopic (exact) mass is 421 g/mol. The molecule has 3 heterocycles. The second kappa shape index (κ2) is 9.28. The predicted molar refractivity (Wildman–Crippen MR) is 120 cm³/mol. The number of amides is 1. The van der Waals surface area contributed by atoms with E-state index in [1.807, 2.05) is 4.90 Å². The van der Waals surface area contributed by atoms with Crippen LogP contribution in [0.1, 0.15) is 24.0 Å². The Morgan fingerprint density at radius 1 is 0.968 bits per heavy atom. The lowest BCUT2D eigenvalue weighted by molar-refractivity contribution is -0.141. The van der Waals surface area contributed by atoms with Crippen LogP contribution in [0.5, 0.6) is 5.75 Å². The van der Waals surface area contributed by atoms with Gasteiger partial charge in [0.15, 0.2) is 0 Å². The molecule has 0 saturated carbocycles. The minimum atomic E-state index is -0.273. The highest BCUT2D eigenvalue weighted by molar-refractivity contribution is 5.81. The van der Waals surface area contributed by atoms with Gasteiger partial charge in [-0.2, -0.15) is 0 Å². The van der Waals surface area contributed by atoms with Crippen molar-refractivity contribution >= 4 is 11.6 Å². The molecule has 3 aliphatic rings. The average molecular weight is 422 g/mol. The number of piperazine rings is 1. The molecular formula is C25H31N3O3. The van der Waals surface area contributed by atoms with E-state index in [0.29, 0.717) is 26.3 Å². The van der Waals surface area contributed by atoms with Crippen LogP contribution in [0, 0.1) is 0 Å². The number of hydrogen-bond acceptors (Lipinski definition) is 5. The summed E-state index contributed by atoms with van der Waals surface area (Å²) in [5.74, 6) is 1.01. The third-order valence-corrected chi connectivity index (χ3v) is 6.52. The van der Waals surface area contributed by atoms with Crippen LogP contribution in [0.3, 0.4) is 0 Å². The second-order valence-electron chi connectivity index (χ2n) is 8.65. The van der Waals surface area contributed by atoms with E-state index >= 15 is 0 Å². The highest BCUT2D eigenvalue weighted by Gasteiger charge is 2.30. The summed E-state index contributed by atoms with van der Waals surface area (Å²) in [6.45, 7) is 7.55. The van der Waals surface area contributed by atoms with Gasteiger partial charge < -0.3 is 19.3 Å². The quantitative estimate of drug-likeness (QED) is 0.760. The van der Waals surface area contributed by atoms with Gasteiger partial charge in [-0.3, -0.25) is 9.69 Å². The van der Waals surface area contributed by atoms with Crippen LogP contribution < -0.4 is 9.64 Å². The Morgan fingerprint density at radius 3 is 2.58 bits per heavy atom. The third-order valence-electron chi connectivity index (χ3n) is 6.52. The van der Waals surface area contributed by atoms with Crippen molar-refractivity contribution in [2.24, 2.45) is 0 Å². The Morgan fingerprint density at radius 2 is 1.81 bits per heavy atom. The summed E-state index contributed by atoms with van der Waals surface area (Å²) >= 11 is 0. The molecule has 2 aromatic carbocycles. The highest BCUT2D eigenvalue weighted by atomic mass is 16.5. The highest BCUT2D eigenvalue weighted by Crippen LogP contribution is 2.27. The fourth-order valence-electron chi connectivity index (χ4n) is 4.77. The summed E-state index contributed by atoms with van der Waals surface area (Å²) in [5.41, 5.74) is 3.69. The van der Waals surface area contributed by atoms with Crippen LogP contribution >= 0.6 is 0 Å². The van der Waals surface area contributed by atoms with Crippen molar-refractivity contribution < 1.29 is 14.3 Å². The maximum atomic E-state index is 12.8. The van der Waals surface area contributed by atoms with Crippen LogP contribution in [0.2, 0.25) is 0 Å². The number of fused-ring (bicyclic) bond motifs is 1. The third kappa shape index (κ3) is 4.70. The van der Waals surface area contributed by atoms with E-state index in [1.165, 1.54) is 11.3 Å². The molecule has 1 unspecified atom stereocenters. The number of rotatable bonds is 4. The Bertz CT molecular complexity index is 890. The summed E-state index contributed by atoms with van der Waals surface area (Å²) in [5, 5.41) is 0. The maximum absolute atomic E-state index is 12.8. The molecule has 0 aromatic heterocycles. The van der Waals surface area contributed by atoms with E-state index < -0.39 is 0 Å². The Hall–Kier alpha value is -2.57. The van der Waals surface area contributed by atoms with Gasteiger partial charge in [-0.1, -0.05) is 24.3 Å². The molecule has 1 atom stereocenters. The van der Waals surface area contributed by atoms with Crippen molar-refractivity contribution in [2.45, 2.75) is 32.0 Å². The van der Waals surface area contributed by atoms with Crippen molar-refractivity contribution in [3.8, 4) is 5.75 Å². The first-order valence-electron chi connectivity index (χ1n) is 11.4. The largest absolute Gasteiger partial charge is 0.491 e. The van der Waals surface area contributed by atoms with E-state index in [2.05, 4.69) is 58.3 Å². The normalized spacial score (nSPS) is 22.0. The van der Waals surface area contributed by atoms with Gasteiger partial charge in [0.25, 0.3) is 5.91 Å². The van der Waals surface area contributed by atoms with E-state index in [1.54, 1.807) is 0 Å². The van der Waals surface area contributed by atoms with Crippen molar-refractivity contribution in [2.75, 3.05) is 50.8 Å². The van der Waals surface area contributed by atoms with Gasteiger partial charge >= 0.3 is 0 Å². The number of ether oxygens (including phenoxy) is 2. The fourth-order valence-corrected chi connectivity index (χ4v) is 4.77. The minimum Gasteiger partial charge on any atom is -0.491 e. The Kier molecular flexibility index (Phi) is 6.09. The summed E-state index contributed by atoms with van der Waals surface area (Å²) in [6.07, 6.45) is 1.53. The molecule has 2 fully saturated rings. The van der Waals surface area contributed by atoms with Crippen LogP contribution in [0.4, 0.5) is 5.69 Å². The molecule has 0 radical (unpaired) electrons. The molecule has 6 nitrogen and oxygen atoms in total. The standard InChI is InChI=1S/C25H31N3O3/c29-25(24-7-4-15-30-24)28-14-16-31-23-9-8-20(17-21(23)19-28)18-26-10-12-27(13-11-26)22-5-2-1-3-6-22/h1-3,5-6,8-9,17,24H,4,7,10-16,18-19H2. The average Bonchev–Trinajstić information content (AvgIpc) is 3.27. The number of para-hydroxylation sites is 1. The van der Waals surface area contributed by atoms with Gasteiger partial charge in [-0.15, -0.1) is 0 Å². The molecule has 0 aliphatic carbocycles. The number of hydrogen-bond donors (Lipinski definition) is 0. The topological polar surface area (TPSA) is 45.2 Å². The molecule has 1 amide bonds. The number of carbonyl (C=O) groups excluding carboxylic acids is 1. The first-order valence-corrected chi connectivity index (χ1v) is 11.4. The Balaban J connectivity index is 1.21. The molecule has 31 heavy (non-hydrogen) atoms. The molecule has 2 saturated heterocycles. The van der Waals surface area contributed by atoms with Crippen LogP contribution in [-0.4, -0.2) is 67.7 Å². The van der Waals surface area contributed by atoms with Crippen LogP contribution in [-0.2, 0) is 22.6 Å². The minimum absolute atomic E-state index is 0.108. The molecule has 0 spiro atoms. The molecule has 3 aliphatic heterocycles. The first kappa shape index (κ1) is 20.3. The number of carbonyl (C=O) groups is 1. The molecule has 0 bridgehead atoms. The van der Waals surface area contributed by atoms with Gasteiger partial charge in [0.1, 0.15) is 18.5 Å². The lowest BCUT2D eigenvalue weighted by Crippen LogP contribution is -2.45. The van der Waals surface area contributed by atoms with Gasteiger partial charge in [0.05, 0.1) is 6.54 Å². The van der Waals surface area contributed by atoms with Gasteiger partial charge in [0, 0.05) is 57.1 Å². The van der Waals surface area contributed by atoms with Crippen LogP contribution in [0.25, 0.3) is 0 Å². The smallest absolute Gasteiger partial charge is 0.252 e.